The Balaban J connectivity index is 2.10. The molecule has 0 heterocycles. The van der Waals surface area contributed by atoms with Gasteiger partial charge in [-0.3, -0.25) is 28.8 Å². The van der Waals surface area contributed by atoms with E-state index in [2.05, 4.69) is 10.6 Å². The van der Waals surface area contributed by atoms with E-state index in [0.717, 1.165) is 24.0 Å². The predicted octanol–water partition coefficient (Wildman–Crippen LogP) is 7.35. The highest BCUT2D eigenvalue weighted by Crippen LogP contribution is 2.24. The average Bonchev–Trinajstić information content (AvgIpc) is 3.09. The van der Waals surface area contributed by atoms with Gasteiger partial charge in [0.1, 0.15) is 23.7 Å². The summed E-state index contributed by atoms with van der Waals surface area (Å²) < 4.78 is 6.05. The number of carboxylic acids is 1. The van der Waals surface area contributed by atoms with Crippen LogP contribution in [0.25, 0.3) is 11.1 Å². The van der Waals surface area contributed by atoms with Gasteiger partial charge in [0, 0.05) is 54.5 Å². The molecule has 0 bridgehead atoms. The molecular formula is C42H57ClN2O9. The van der Waals surface area contributed by atoms with Crippen LogP contribution in [0.1, 0.15) is 123 Å². The topological polar surface area (TPSA) is 173 Å². The van der Waals surface area contributed by atoms with Crippen molar-refractivity contribution in [1.82, 2.24) is 10.6 Å². The molecule has 12 heteroatoms. The van der Waals surface area contributed by atoms with Crippen LogP contribution in [0, 0.1) is 11.8 Å². The van der Waals surface area contributed by atoms with Crippen molar-refractivity contribution in [2.75, 3.05) is 0 Å². The SMILES string of the molecule is CCCCC[C@H](CC(=O)CCCC(=O)c1ccc(-c2ccc(Cl)cc2)cc1)C(=O)N[C@H](C(=O)C[C@@H](C)C(=O)N[C@@H](CC(C)=O)C(=O)O)[C@@H](C)OC(C)(C)C. The van der Waals surface area contributed by atoms with Crippen LogP contribution >= 0.6 is 11.6 Å². The van der Waals surface area contributed by atoms with Gasteiger partial charge in [-0.2, -0.15) is 0 Å². The van der Waals surface area contributed by atoms with Gasteiger partial charge in [0.15, 0.2) is 11.6 Å². The Morgan fingerprint density at radius 1 is 0.778 bits per heavy atom. The first kappa shape index (κ1) is 45.9. The number of benzene rings is 2. The Kier molecular flexibility index (Phi) is 18.9. The monoisotopic (exact) mass is 768 g/mol. The summed E-state index contributed by atoms with van der Waals surface area (Å²) in [6, 6.07) is 12.1. The lowest BCUT2D eigenvalue weighted by Gasteiger charge is -2.32. The maximum absolute atomic E-state index is 13.8. The fourth-order valence-corrected chi connectivity index (χ4v) is 6.23. The molecule has 0 aliphatic rings. The lowest BCUT2D eigenvalue weighted by atomic mass is 9.91. The molecule has 3 N–H and O–H groups in total. The molecular weight excluding hydrogens is 712 g/mol. The number of hydrogen-bond acceptors (Lipinski definition) is 8. The van der Waals surface area contributed by atoms with Crippen LogP contribution in [0.5, 0.6) is 0 Å². The van der Waals surface area contributed by atoms with Crippen LogP contribution in [0.3, 0.4) is 0 Å². The molecule has 2 aromatic rings. The number of nitrogens with one attached hydrogen (secondary N) is 2. The largest absolute Gasteiger partial charge is 0.480 e. The minimum absolute atomic E-state index is 0.0551. The van der Waals surface area contributed by atoms with E-state index in [1.807, 2.05) is 31.2 Å². The van der Waals surface area contributed by atoms with Crippen LogP contribution in [-0.2, 0) is 33.5 Å². The molecule has 54 heavy (non-hydrogen) atoms. The van der Waals surface area contributed by atoms with Crippen molar-refractivity contribution in [3.05, 3.63) is 59.1 Å². The molecule has 0 unspecified atom stereocenters. The summed E-state index contributed by atoms with van der Waals surface area (Å²) in [5.74, 6) is -5.43. The highest BCUT2D eigenvalue weighted by Gasteiger charge is 2.35. The van der Waals surface area contributed by atoms with E-state index >= 15 is 0 Å². The number of rotatable bonds is 24. The van der Waals surface area contributed by atoms with Gasteiger partial charge in [-0.05, 0) is 70.7 Å². The van der Waals surface area contributed by atoms with Crippen LogP contribution in [-0.4, -0.2) is 69.8 Å². The molecule has 2 amide bonds. The fourth-order valence-electron chi connectivity index (χ4n) is 6.10. The van der Waals surface area contributed by atoms with E-state index < -0.39 is 71.4 Å². The lowest BCUT2D eigenvalue weighted by Crippen LogP contribution is -2.53. The van der Waals surface area contributed by atoms with Crippen molar-refractivity contribution < 1.29 is 43.4 Å². The number of carbonyl (C=O) groups excluding carboxylic acids is 6. The van der Waals surface area contributed by atoms with Gasteiger partial charge in [-0.25, -0.2) is 4.79 Å². The number of unbranched alkanes of at least 4 members (excludes halogenated alkanes) is 2. The van der Waals surface area contributed by atoms with E-state index in [9.17, 15) is 38.7 Å². The molecule has 5 atom stereocenters. The predicted molar refractivity (Wildman–Crippen MR) is 208 cm³/mol. The van der Waals surface area contributed by atoms with E-state index in [-0.39, 0.29) is 37.2 Å². The minimum Gasteiger partial charge on any atom is -0.480 e. The van der Waals surface area contributed by atoms with E-state index in [1.54, 1.807) is 52.0 Å². The summed E-state index contributed by atoms with van der Waals surface area (Å²) in [6.07, 6.45) is 1.89. The van der Waals surface area contributed by atoms with Crippen molar-refractivity contribution in [2.24, 2.45) is 11.8 Å². The van der Waals surface area contributed by atoms with Gasteiger partial charge in [-0.15, -0.1) is 0 Å². The van der Waals surface area contributed by atoms with Crippen LogP contribution in [0.4, 0.5) is 0 Å². The summed E-state index contributed by atoms with van der Waals surface area (Å²) >= 11 is 5.99. The first-order valence-electron chi connectivity index (χ1n) is 18.8. The average molecular weight is 769 g/mol. The van der Waals surface area contributed by atoms with Crippen molar-refractivity contribution in [3.8, 4) is 11.1 Å². The van der Waals surface area contributed by atoms with Gasteiger partial charge in [0.05, 0.1) is 11.7 Å². The Bertz CT molecular complexity index is 1600. The zero-order valence-corrected chi connectivity index (χ0v) is 33.4. The molecule has 0 spiro atoms. The second-order valence-corrected chi connectivity index (χ2v) is 15.5. The maximum Gasteiger partial charge on any atom is 0.326 e. The Labute approximate surface area is 324 Å². The number of carboxylic acid groups (broad SMARTS) is 1. The van der Waals surface area contributed by atoms with Gasteiger partial charge >= 0.3 is 5.97 Å². The van der Waals surface area contributed by atoms with Gasteiger partial charge in [0.25, 0.3) is 0 Å². The Hall–Kier alpha value is -4.22. The third-order valence-electron chi connectivity index (χ3n) is 8.96. The Morgan fingerprint density at radius 3 is 1.91 bits per heavy atom. The van der Waals surface area contributed by atoms with Crippen molar-refractivity contribution >= 4 is 52.5 Å². The second kappa shape index (κ2) is 22.2. The first-order valence-corrected chi connectivity index (χ1v) is 19.1. The van der Waals surface area contributed by atoms with Crippen molar-refractivity contribution in [2.45, 2.75) is 136 Å². The number of Topliss-reactive ketones (excluding diaryl/α,β-unsaturated/α-hetero) is 4. The second-order valence-electron chi connectivity index (χ2n) is 15.1. The van der Waals surface area contributed by atoms with Gasteiger partial charge in [0.2, 0.25) is 11.8 Å². The summed E-state index contributed by atoms with van der Waals surface area (Å²) in [4.78, 5) is 89.5. The smallest absolute Gasteiger partial charge is 0.326 e. The molecule has 0 aromatic heterocycles. The zero-order valence-electron chi connectivity index (χ0n) is 32.7. The van der Waals surface area contributed by atoms with Gasteiger partial charge in [-0.1, -0.05) is 81.1 Å². The molecule has 296 valence electrons. The number of ether oxygens (including phenoxy) is 1. The first-order chi connectivity index (χ1) is 25.3. The fraction of sp³-hybridized carbons (Fsp3) is 0.548. The van der Waals surface area contributed by atoms with Crippen LogP contribution in [0.2, 0.25) is 5.02 Å². The van der Waals surface area contributed by atoms with Crippen LogP contribution < -0.4 is 10.6 Å². The molecule has 0 aliphatic heterocycles. The summed E-state index contributed by atoms with van der Waals surface area (Å²) in [5, 5.41) is 15.2. The molecule has 0 radical (unpaired) electrons. The highest BCUT2D eigenvalue weighted by molar-refractivity contribution is 6.30. The zero-order chi connectivity index (χ0) is 40.6. The lowest BCUT2D eigenvalue weighted by molar-refractivity contribution is -0.144. The van der Waals surface area contributed by atoms with E-state index in [1.165, 1.54) is 13.8 Å². The highest BCUT2D eigenvalue weighted by atomic mass is 35.5. The number of amides is 2. The molecule has 0 fully saturated rings. The minimum atomic E-state index is -1.43. The Morgan fingerprint density at radius 2 is 1.37 bits per heavy atom. The number of carbonyl (C=O) groups is 7. The standard InChI is InChI=1S/C42H57ClN2O9/c1-8-9-10-12-32(25-34(47)13-11-14-36(48)31-17-15-29(16-18-31)30-19-21-33(43)22-20-30)40(51)45-38(28(4)54-42(5,6)7)37(49)23-26(2)39(50)44-35(41(52)53)24-27(3)46/h15-22,26,28,32,35,38H,8-14,23-25H2,1-7H3,(H,44,50)(H,45,51)(H,52,53)/t26-,28-,32-,35+,38+/m1/s1. The van der Waals surface area contributed by atoms with Crippen LogP contribution in [0.15, 0.2) is 48.5 Å². The molecule has 2 rings (SSSR count). The number of halogens is 1. The maximum atomic E-state index is 13.8. The molecule has 0 aliphatic carbocycles. The summed E-state index contributed by atoms with van der Waals surface area (Å²) in [5.41, 5.74) is 1.79. The van der Waals surface area contributed by atoms with Crippen molar-refractivity contribution in [3.63, 3.8) is 0 Å². The molecule has 2 aromatic carbocycles. The molecule has 0 saturated heterocycles. The number of hydrogen-bond donors (Lipinski definition) is 3. The normalized spacial score (nSPS) is 14.2. The van der Waals surface area contributed by atoms with E-state index in [0.29, 0.717) is 29.8 Å². The van der Waals surface area contributed by atoms with Gasteiger partial charge < -0.3 is 20.5 Å². The number of ketones is 4. The number of aliphatic carboxylic acids is 1. The molecule has 11 nitrogen and oxygen atoms in total. The summed E-state index contributed by atoms with van der Waals surface area (Å²) in [7, 11) is 0. The quantitative estimate of drug-likeness (QED) is 0.0729. The van der Waals surface area contributed by atoms with Crippen molar-refractivity contribution in [1.29, 1.82) is 0 Å². The third-order valence-corrected chi connectivity index (χ3v) is 9.21. The third kappa shape index (κ3) is 16.4. The molecule has 0 saturated carbocycles. The summed E-state index contributed by atoms with van der Waals surface area (Å²) in [6.45, 7) is 11.8. The van der Waals surface area contributed by atoms with E-state index in [4.69, 9.17) is 16.3 Å².